The first-order chi connectivity index (χ1) is 12.0. The zero-order valence-electron chi connectivity index (χ0n) is 15.9. The molecular formula is C18H27BN2O5. The highest BCUT2D eigenvalue weighted by molar-refractivity contribution is 6.62. The zero-order valence-corrected chi connectivity index (χ0v) is 15.9. The molecule has 142 valence electrons. The number of carboxylic acids is 1. The Labute approximate surface area is 154 Å². The van der Waals surface area contributed by atoms with Crippen LogP contribution in [0.5, 0.6) is 0 Å². The van der Waals surface area contributed by atoms with Gasteiger partial charge in [0.25, 0.3) is 0 Å². The normalized spacial score (nSPS) is 23.9. The Morgan fingerprint density at radius 1 is 1.35 bits per heavy atom. The minimum Gasteiger partial charge on any atom is -0.477 e. The summed E-state index contributed by atoms with van der Waals surface area (Å²) < 4.78 is 12.4. The predicted octanol–water partition coefficient (Wildman–Crippen LogP) is 1.67. The molecule has 0 aliphatic carbocycles. The van der Waals surface area contributed by atoms with Crippen LogP contribution in [0.4, 0.5) is 0 Å². The van der Waals surface area contributed by atoms with Crippen LogP contribution in [0.1, 0.15) is 45.2 Å². The van der Waals surface area contributed by atoms with Crippen LogP contribution in [-0.4, -0.2) is 40.3 Å². The maximum absolute atomic E-state index is 11.2. The van der Waals surface area contributed by atoms with Gasteiger partial charge in [-0.25, -0.2) is 4.79 Å². The third-order valence-electron chi connectivity index (χ3n) is 5.39. The molecule has 2 unspecified atom stereocenters. The Hall–Kier alpha value is -1.90. The van der Waals surface area contributed by atoms with Gasteiger partial charge in [0, 0.05) is 12.5 Å². The van der Waals surface area contributed by atoms with Gasteiger partial charge < -0.3 is 25.4 Å². The van der Waals surface area contributed by atoms with Crippen LogP contribution in [-0.2, 0) is 20.6 Å². The second kappa shape index (κ2) is 7.38. The molecular weight excluding hydrogens is 335 g/mol. The summed E-state index contributed by atoms with van der Waals surface area (Å²) in [6, 6.07) is 5.89. The SMILES string of the molecule is Cc1cc(B2OC(C)(C)C(C)(CC(C)/C(=N\O)C(=O)O)O2)ccc1CN. The molecule has 0 aromatic heterocycles. The molecule has 4 N–H and O–H groups in total. The molecule has 26 heavy (non-hydrogen) atoms. The van der Waals surface area contributed by atoms with Crippen LogP contribution >= 0.6 is 0 Å². The van der Waals surface area contributed by atoms with Gasteiger partial charge in [-0.3, -0.25) is 0 Å². The molecule has 2 rings (SSSR count). The number of carbonyl (C=O) groups is 1. The maximum atomic E-state index is 11.2. The van der Waals surface area contributed by atoms with E-state index in [1.165, 1.54) is 0 Å². The van der Waals surface area contributed by atoms with Gasteiger partial charge in [-0.15, -0.1) is 0 Å². The summed E-state index contributed by atoms with van der Waals surface area (Å²) in [5.74, 6) is -1.75. The molecule has 1 saturated heterocycles. The van der Waals surface area contributed by atoms with Crippen LogP contribution in [0.3, 0.4) is 0 Å². The topological polar surface area (TPSA) is 114 Å². The Balaban J connectivity index is 2.25. The van der Waals surface area contributed by atoms with E-state index in [0.717, 1.165) is 16.6 Å². The summed E-state index contributed by atoms with van der Waals surface area (Å²) >= 11 is 0. The largest absolute Gasteiger partial charge is 0.494 e. The first-order valence-electron chi connectivity index (χ1n) is 8.65. The predicted molar refractivity (Wildman–Crippen MR) is 99.8 cm³/mol. The van der Waals surface area contributed by atoms with Crippen LogP contribution < -0.4 is 11.2 Å². The highest BCUT2D eigenvalue weighted by atomic mass is 16.7. The van der Waals surface area contributed by atoms with E-state index in [2.05, 4.69) is 5.16 Å². The van der Waals surface area contributed by atoms with Crippen LogP contribution in [0, 0.1) is 12.8 Å². The lowest BCUT2D eigenvalue weighted by atomic mass is 9.77. The third kappa shape index (κ3) is 3.77. The quantitative estimate of drug-likeness (QED) is 0.307. The Bertz CT molecular complexity index is 722. The fourth-order valence-electron chi connectivity index (χ4n) is 3.35. The van der Waals surface area contributed by atoms with Gasteiger partial charge in [-0.05, 0) is 50.7 Å². The molecule has 0 spiro atoms. The molecule has 1 heterocycles. The highest BCUT2D eigenvalue weighted by Gasteiger charge is 2.55. The van der Waals surface area contributed by atoms with Gasteiger partial charge in [0.15, 0.2) is 5.71 Å². The zero-order chi connectivity index (χ0) is 19.7. The van der Waals surface area contributed by atoms with Crippen LogP contribution in [0.2, 0.25) is 0 Å². The molecule has 1 aromatic rings. The van der Waals surface area contributed by atoms with Gasteiger partial charge in [0.2, 0.25) is 0 Å². The standard InChI is InChI=1S/C18H27BN2O5/c1-11-8-14(7-6-13(11)10-20)19-25-17(3,4)18(5,26-19)9-12(2)15(21-24)16(22)23/h6-8,12,24H,9-10,20H2,1-5H3,(H,22,23)/b21-15+. The molecule has 8 heteroatoms. The van der Waals surface area contributed by atoms with Crippen molar-refractivity contribution in [1.82, 2.24) is 0 Å². The molecule has 1 fully saturated rings. The summed E-state index contributed by atoms with van der Waals surface area (Å²) in [5.41, 5.74) is 7.02. The minimum atomic E-state index is -1.25. The van der Waals surface area contributed by atoms with Gasteiger partial charge >= 0.3 is 13.1 Å². The van der Waals surface area contributed by atoms with Crippen molar-refractivity contribution < 1.29 is 24.4 Å². The van der Waals surface area contributed by atoms with E-state index in [4.69, 9.17) is 25.4 Å². The summed E-state index contributed by atoms with van der Waals surface area (Å²) in [5, 5.41) is 21.1. The van der Waals surface area contributed by atoms with Crippen molar-refractivity contribution in [2.24, 2.45) is 16.8 Å². The lowest BCUT2D eigenvalue weighted by Gasteiger charge is -2.38. The van der Waals surface area contributed by atoms with Gasteiger partial charge in [0.1, 0.15) is 0 Å². The number of hydrogen-bond donors (Lipinski definition) is 3. The number of rotatable bonds is 6. The van der Waals surface area contributed by atoms with Gasteiger partial charge in [0.05, 0.1) is 11.2 Å². The summed E-state index contributed by atoms with van der Waals surface area (Å²) in [4.78, 5) is 11.2. The fraction of sp³-hybridized carbons (Fsp3) is 0.556. The number of aliphatic carboxylic acids is 1. The second-order valence-electron chi connectivity index (χ2n) is 7.59. The average molecular weight is 362 g/mol. The minimum absolute atomic E-state index is 0.294. The number of benzene rings is 1. The molecule has 0 amide bonds. The first-order valence-corrected chi connectivity index (χ1v) is 8.65. The Morgan fingerprint density at radius 3 is 2.50 bits per heavy atom. The highest BCUT2D eigenvalue weighted by Crippen LogP contribution is 2.41. The number of nitrogens with two attached hydrogens (primary N) is 1. The number of hydrogen-bond acceptors (Lipinski definition) is 6. The van der Waals surface area contributed by atoms with Gasteiger partial charge in [-0.2, -0.15) is 0 Å². The van der Waals surface area contributed by atoms with E-state index in [1.54, 1.807) is 6.92 Å². The number of oxime groups is 1. The molecule has 1 aliphatic heterocycles. The lowest BCUT2D eigenvalue weighted by Crippen LogP contribution is -2.47. The summed E-state index contributed by atoms with van der Waals surface area (Å²) in [6.45, 7) is 9.87. The monoisotopic (exact) mass is 362 g/mol. The molecule has 0 saturated carbocycles. The van der Waals surface area contributed by atoms with E-state index in [-0.39, 0.29) is 5.71 Å². The van der Waals surface area contributed by atoms with Crippen molar-refractivity contribution in [3.63, 3.8) is 0 Å². The van der Waals surface area contributed by atoms with Crippen molar-refractivity contribution in [3.8, 4) is 0 Å². The fourth-order valence-corrected chi connectivity index (χ4v) is 3.35. The van der Waals surface area contributed by atoms with Crippen LogP contribution in [0.15, 0.2) is 23.4 Å². The van der Waals surface area contributed by atoms with Crippen molar-refractivity contribution >= 4 is 24.3 Å². The third-order valence-corrected chi connectivity index (χ3v) is 5.39. The van der Waals surface area contributed by atoms with Crippen molar-refractivity contribution in [2.45, 2.75) is 58.8 Å². The molecule has 2 atom stereocenters. The molecule has 0 bridgehead atoms. The van der Waals surface area contributed by atoms with Crippen molar-refractivity contribution in [2.75, 3.05) is 0 Å². The molecule has 1 aromatic carbocycles. The average Bonchev–Trinajstić information content (AvgIpc) is 2.77. The Morgan fingerprint density at radius 2 is 2.00 bits per heavy atom. The molecule has 7 nitrogen and oxygen atoms in total. The van der Waals surface area contributed by atoms with E-state index < -0.39 is 30.2 Å². The summed E-state index contributed by atoms with van der Waals surface area (Å²) in [7, 11) is -0.563. The van der Waals surface area contributed by atoms with E-state index in [0.29, 0.717) is 13.0 Å². The molecule has 1 aliphatic rings. The van der Waals surface area contributed by atoms with E-state index >= 15 is 0 Å². The van der Waals surface area contributed by atoms with Crippen molar-refractivity contribution in [1.29, 1.82) is 0 Å². The van der Waals surface area contributed by atoms with Gasteiger partial charge in [-0.1, -0.05) is 30.3 Å². The number of carboxylic acid groups (broad SMARTS) is 1. The number of aryl methyl sites for hydroxylation is 1. The van der Waals surface area contributed by atoms with Crippen molar-refractivity contribution in [3.05, 3.63) is 29.3 Å². The first kappa shape index (κ1) is 20.4. The number of nitrogens with zero attached hydrogens (tertiary/aromatic N) is 1. The smallest absolute Gasteiger partial charge is 0.477 e. The Kier molecular flexibility index (Phi) is 5.80. The second-order valence-corrected chi connectivity index (χ2v) is 7.59. The van der Waals surface area contributed by atoms with E-state index in [1.807, 2.05) is 45.9 Å². The van der Waals surface area contributed by atoms with Crippen LogP contribution in [0.25, 0.3) is 0 Å². The lowest BCUT2D eigenvalue weighted by molar-refractivity contribution is -0.130. The summed E-state index contributed by atoms with van der Waals surface area (Å²) in [6.07, 6.45) is 0.335. The maximum Gasteiger partial charge on any atom is 0.494 e. The van der Waals surface area contributed by atoms with E-state index in [9.17, 15) is 4.79 Å². The molecule has 0 radical (unpaired) electrons.